The van der Waals surface area contributed by atoms with E-state index in [-0.39, 0.29) is 11.2 Å². The Morgan fingerprint density at radius 1 is 1.12 bits per heavy atom. The standard InChI is InChI=1S/C32H28ClN3O4/c1-18-28(35-31(38)39-19(2)23-6-4-5-7-27(23)33)30(40-36-18)26-13-12-24(25-14-17-34-29(25)26)21-8-10-22(11-9-21)32(15-16-32)20(3)37/h4-14,17,19,34,37H,3,15-16H2,1-2H3,(H,35,38). The maximum absolute atomic E-state index is 12.9. The van der Waals surface area contributed by atoms with Gasteiger partial charge < -0.3 is 19.4 Å². The summed E-state index contributed by atoms with van der Waals surface area (Å²) in [5.41, 5.74) is 6.14. The molecule has 0 radical (unpaired) electrons. The van der Waals surface area contributed by atoms with Crippen molar-refractivity contribution >= 4 is 34.3 Å². The predicted octanol–water partition coefficient (Wildman–Crippen LogP) is 8.86. The number of hydrogen-bond acceptors (Lipinski definition) is 5. The molecular formula is C32H28ClN3O4. The van der Waals surface area contributed by atoms with E-state index in [0.29, 0.717) is 27.7 Å². The van der Waals surface area contributed by atoms with E-state index in [9.17, 15) is 9.90 Å². The molecular weight excluding hydrogens is 526 g/mol. The number of aromatic amines is 1. The highest BCUT2D eigenvalue weighted by Crippen LogP contribution is 2.52. The van der Waals surface area contributed by atoms with E-state index < -0.39 is 12.2 Å². The molecule has 202 valence electrons. The molecule has 0 spiro atoms. The molecule has 8 heteroatoms. The summed E-state index contributed by atoms with van der Waals surface area (Å²) in [6.07, 6.45) is 2.51. The molecule has 1 saturated carbocycles. The number of aryl methyl sites for hydroxylation is 1. The zero-order chi connectivity index (χ0) is 28.0. The van der Waals surface area contributed by atoms with E-state index in [0.717, 1.165) is 46.0 Å². The summed E-state index contributed by atoms with van der Waals surface area (Å²) in [4.78, 5) is 16.2. The Bertz CT molecular complexity index is 1750. The summed E-state index contributed by atoms with van der Waals surface area (Å²) in [7, 11) is 0. The van der Waals surface area contributed by atoms with Crippen LogP contribution in [0.15, 0.2) is 89.8 Å². The van der Waals surface area contributed by atoms with Crippen LogP contribution in [0.25, 0.3) is 33.4 Å². The lowest BCUT2D eigenvalue weighted by molar-refractivity contribution is 0.121. The lowest BCUT2D eigenvalue weighted by atomic mass is 9.91. The van der Waals surface area contributed by atoms with Crippen LogP contribution in [0.2, 0.25) is 5.02 Å². The van der Waals surface area contributed by atoms with Gasteiger partial charge in [-0.25, -0.2) is 4.79 Å². The van der Waals surface area contributed by atoms with Crippen molar-refractivity contribution in [2.45, 2.75) is 38.2 Å². The number of benzene rings is 3. The maximum atomic E-state index is 12.9. The Balaban J connectivity index is 1.28. The number of aromatic nitrogens is 2. The van der Waals surface area contributed by atoms with Gasteiger partial charge in [-0.05, 0) is 61.6 Å². The van der Waals surface area contributed by atoms with Gasteiger partial charge in [0.25, 0.3) is 0 Å². The smallest absolute Gasteiger partial charge is 0.412 e. The van der Waals surface area contributed by atoms with E-state index in [4.69, 9.17) is 20.9 Å². The molecule has 0 saturated heterocycles. The number of anilines is 1. The lowest BCUT2D eigenvalue weighted by Gasteiger charge is -2.16. The van der Waals surface area contributed by atoms with Crippen molar-refractivity contribution in [2.24, 2.45) is 0 Å². The SMILES string of the molecule is C=C(O)C1(c2ccc(-c3ccc(-c4onc(C)c4NC(=O)OC(C)c4ccccc4Cl)c4[nH]ccc34)cc2)CC1. The number of carbonyl (C=O) groups excluding carboxylic acids is 1. The van der Waals surface area contributed by atoms with Crippen LogP contribution < -0.4 is 5.32 Å². The minimum atomic E-state index is -0.640. The third-order valence-corrected chi connectivity index (χ3v) is 8.08. The second kappa shape index (κ2) is 9.92. The van der Waals surface area contributed by atoms with Crippen LogP contribution in [0.1, 0.15) is 42.7 Å². The molecule has 1 aliphatic carbocycles. The van der Waals surface area contributed by atoms with Crippen molar-refractivity contribution in [3.05, 3.63) is 107 Å². The zero-order valence-corrected chi connectivity index (χ0v) is 22.9. The van der Waals surface area contributed by atoms with Crippen LogP contribution in [-0.2, 0) is 10.2 Å². The highest BCUT2D eigenvalue weighted by atomic mass is 35.5. The molecule has 0 aliphatic heterocycles. The minimum Gasteiger partial charge on any atom is -0.512 e. The Hall–Kier alpha value is -4.49. The van der Waals surface area contributed by atoms with Crippen molar-refractivity contribution in [1.82, 2.24) is 10.1 Å². The number of amides is 1. The molecule has 1 atom stereocenters. The van der Waals surface area contributed by atoms with Gasteiger partial charge in [-0.3, -0.25) is 5.32 Å². The van der Waals surface area contributed by atoms with Gasteiger partial charge >= 0.3 is 6.09 Å². The van der Waals surface area contributed by atoms with Gasteiger partial charge in [-0.15, -0.1) is 0 Å². The number of aliphatic hydroxyl groups excluding tert-OH is 1. The average molecular weight is 554 g/mol. The highest BCUT2D eigenvalue weighted by molar-refractivity contribution is 6.31. The minimum absolute atomic E-state index is 0.228. The molecule has 6 rings (SSSR count). The number of hydrogen-bond donors (Lipinski definition) is 3. The molecule has 1 amide bonds. The van der Waals surface area contributed by atoms with Crippen LogP contribution in [0.5, 0.6) is 0 Å². The molecule has 1 fully saturated rings. The third kappa shape index (κ3) is 4.42. The summed E-state index contributed by atoms with van der Waals surface area (Å²) in [6.45, 7) is 7.30. The number of aliphatic hydroxyl groups is 1. The number of rotatable bonds is 7. The van der Waals surface area contributed by atoms with Crippen molar-refractivity contribution < 1.29 is 19.2 Å². The number of halogens is 1. The number of nitrogens with one attached hydrogen (secondary N) is 2. The summed E-state index contributed by atoms with van der Waals surface area (Å²) in [5, 5.41) is 18.5. The van der Waals surface area contributed by atoms with Crippen molar-refractivity contribution in [1.29, 1.82) is 0 Å². The van der Waals surface area contributed by atoms with E-state index >= 15 is 0 Å². The molecule has 3 aromatic carbocycles. The zero-order valence-electron chi connectivity index (χ0n) is 22.1. The van der Waals surface area contributed by atoms with Crippen LogP contribution in [0, 0.1) is 6.92 Å². The summed E-state index contributed by atoms with van der Waals surface area (Å²) >= 11 is 6.27. The monoisotopic (exact) mass is 553 g/mol. The predicted molar refractivity (Wildman–Crippen MR) is 157 cm³/mol. The number of carbonyl (C=O) groups is 1. The Morgan fingerprint density at radius 2 is 1.85 bits per heavy atom. The van der Waals surface area contributed by atoms with Gasteiger partial charge in [-0.1, -0.05) is 71.9 Å². The van der Waals surface area contributed by atoms with Gasteiger partial charge in [0.2, 0.25) is 0 Å². The number of H-pyrrole nitrogens is 1. The maximum Gasteiger partial charge on any atom is 0.412 e. The van der Waals surface area contributed by atoms with Crippen molar-refractivity contribution in [3.8, 4) is 22.5 Å². The fraction of sp³-hybridized carbons (Fsp3) is 0.188. The van der Waals surface area contributed by atoms with Gasteiger partial charge in [0.05, 0.1) is 16.7 Å². The molecule has 3 N–H and O–H groups in total. The largest absolute Gasteiger partial charge is 0.512 e. The first-order chi connectivity index (χ1) is 19.3. The van der Waals surface area contributed by atoms with Crippen LogP contribution >= 0.6 is 11.6 Å². The second-order valence-electron chi connectivity index (χ2n) is 10.2. The fourth-order valence-electron chi connectivity index (χ4n) is 5.30. The average Bonchev–Trinajstić information content (AvgIpc) is 3.49. The van der Waals surface area contributed by atoms with Gasteiger partial charge in [0.1, 0.15) is 17.5 Å². The summed E-state index contributed by atoms with van der Waals surface area (Å²) in [6, 6.07) is 21.5. The van der Waals surface area contributed by atoms with Crippen LogP contribution in [0.4, 0.5) is 10.5 Å². The molecule has 2 aromatic heterocycles. The van der Waals surface area contributed by atoms with E-state index in [1.54, 1.807) is 19.9 Å². The Labute approximate surface area is 236 Å². The van der Waals surface area contributed by atoms with Crippen LogP contribution in [-0.4, -0.2) is 21.3 Å². The van der Waals surface area contributed by atoms with Crippen LogP contribution in [0.3, 0.4) is 0 Å². The van der Waals surface area contributed by atoms with Crippen molar-refractivity contribution in [3.63, 3.8) is 0 Å². The fourth-order valence-corrected chi connectivity index (χ4v) is 5.59. The molecule has 1 unspecified atom stereocenters. The molecule has 40 heavy (non-hydrogen) atoms. The van der Waals surface area contributed by atoms with Gasteiger partial charge in [0, 0.05) is 27.7 Å². The normalized spacial score (nSPS) is 14.6. The lowest BCUT2D eigenvalue weighted by Crippen LogP contribution is -2.17. The molecule has 2 heterocycles. The number of nitrogens with zero attached hydrogens (tertiary/aromatic N) is 1. The first-order valence-corrected chi connectivity index (χ1v) is 13.4. The number of ether oxygens (including phenoxy) is 1. The quantitative estimate of drug-likeness (QED) is 0.175. The Morgan fingerprint density at radius 3 is 2.55 bits per heavy atom. The molecule has 0 bridgehead atoms. The first-order valence-electron chi connectivity index (χ1n) is 13.1. The number of fused-ring (bicyclic) bond motifs is 1. The summed E-state index contributed by atoms with van der Waals surface area (Å²) in [5.74, 6) is 0.651. The van der Waals surface area contributed by atoms with E-state index in [1.807, 2.05) is 42.6 Å². The van der Waals surface area contributed by atoms with Crippen molar-refractivity contribution in [2.75, 3.05) is 5.32 Å². The van der Waals surface area contributed by atoms with Gasteiger partial charge in [0.15, 0.2) is 5.76 Å². The first kappa shape index (κ1) is 25.8. The molecule has 7 nitrogen and oxygen atoms in total. The summed E-state index contributed by atoms with van der Waals surface area (Å²) < 4.78 is 11.3. The highest BCUT2D eigenvalue weighted by Gasteiger charge is 2.47. The molecule has 5 aromatic rings. The van der Waals surface area contributed by atoms with E-state index in [2.05, 4.69) is 46.3 Å². The van der Waals surface area contributed by atoms with Gasteiger partial charge in [-0.2, -0.15) is 0 Å². The molecule has 1 aliphatic rings. The van der Waals surface area contributed by atoms with E-state index in [1.165, 1.54) is 0 Å². The number of allylic oxidation sites excluding steroid dienone is 1. The third-order valence-electron chi connectivity index (χ3n) is 7.74. The second-order valence-corrected chi connectivity index (χ2v) is 10.6. The Kier molecular flexibility index (Phi) is 6.39. The topological polar surface area (TPSA) is 100 Å².